The van der Waals surface area contributed by atoms with Gasteiger partial charge in [-0.3, -0.25) is 0 Å². The molecule has 1 aromatic heterocycles. The summed E-state index contributed by atoms with van der Waals surface area (Å²) in [7, 11) is 0. The summed E-state index contributed by atoms with van der Waals surface area (Å²) < 4.78 is 0. The maximum Gasteiger partial charge on any atom is 0.137 e. The van der Waals surface area contributed by atoms with Crippen LogP contribution in [0.2, 0.25) is 5.15 Å². The van der Waals surface area contributed by atoms with Gasteiger partial charge in [0.1, 0.15) is 17.3 Å². The van der Waals surface area contributed by atoms with Crippen molar-refractivity contribution in [3.63, 3.8) is 0 Å². The number of nitrogens with zero attached hydrogens (tertiary/aromatic N) is 2. The monoisotopic (exact) mass is 267 g/mol. The van der Waals surface area contributed by atoms with Crippen LogP contribution in [0.15, 0.2) is 6.33 Å². The van der Waals surface area contributed by atoms with E-state index in [0.29, 0.717) is 16.6 Å². The van der Waals surface area contributed by atoms with E-state index in [1.54, 1.807) is 0 Å². The number of rotatable bonds is 3. The van der Waals surface area contributed by atoms with Crippen LogP contribution < -0.4 is 5.32 Å². The molecule has 1 N–H and O–H groups in total. The van der Waals surface area contributed by atoms with E-state index >= 15 is 0 Å². The third kappa shape index (κ3) is 3.14. The minimum atomic E-state index is 0.495. The van der Waals surface area contributed by atoms with Gasteiger partial charge in [0.2, 0.25) is 0 Å². The predicted molar refractivity (Wildman–Crippen MR) is 76.1 cm³/mol. The van der Waals surface area contributed by atoms with Gasteiger partial charge in [0.15, 0.2) is 0 Å². The van der Waals surface area contributed by atoms with Gasteiger partial charge in [-0.15, -0.1) is 0 Å². The molecule has 0 aliphatic heterocycles. The van der Waals surface area contributed by atoms with Crippen molar-refractivity contribution in [2.24, 2.45) is 5.41 Å². The first-order valence-corrected chi connectivity index (χ1v) is 7.15. The molecule has 0 bridgehead atoms. The van der Waals surface area contributed by atoms with E-state index in [0.717, 1.165) is 17.8 Å². The Bertz CT molecular complexity index is 408. The lowest BCUT2D eigenvalue weighted by Crippen LogP contribution is -2.30. The number of aromatic nitrogens is 2. The molecule has 2 rings (SSSR count). The normalized spacial score (nSPS) is 19.8. The second-order valence-electron chi connectivity index (χ2n) is 5.93. The zero-order chi connectivity index (χ0) is 13.2. The Hall–Kier alpha value is -0.830. The van der Waals surface area contributed by atoms with Crippen LogP contribution in [-0.4, -0.2) is 16.0 Å². The fraction of sp³-hybridized carbons (Fsp3) is 0.714. The molecule has 0 atom stereocenters. The third-order valence-corrected chi connectivity index (χ3v) is 4.25. The molecule has 0 saturated heterocycles. The van der Waals surface area contributed by atoms with Crippen LogP contribution in [0.4, 0.5) is 5.82 Å². The van der Waals surface area contributed by atoms with Gasteiger partial charge in [0.05, 0.1) is 0 Å². The largest absolute Gasteiger partial charge is 0.367 e. The molecule has 1 aliphatic rings. The summed E-state index contributed by atoms with van der Waals surface area (Å²) in [6, 6.07) is 0.522. The second-order valence-corrected chi connectivity index (χ2v) is 6.29. The summed E-state index contributed by atoms with van der Waals surface area (Å²) in [5.74, 6) is 0.919. The molecule has 0 spiro atoms. The Morgan fingerprint density at radius 2 is 2.00 bits per heavy atom. The Morgan fingerprint density at radius 3 is 2.61 bits per heavy atom. The molecule has 3 nitrogen and oxygen atoms in total. The average molecular weight is 268 g/mol. The van der Waals surface area contributed by atoms with Gasteiger partial charge in [-0.25, -0.2) is 9.97 Å². The summed E-state index contributed by atoms with van der Waals surface area (Å²) in [6.07, 6.45) is 7.35. The quantitative estimate of drug-likeness (QED) is 0.839. The maximum atomic E-state index is 6.10. The van der Waals surface area contributed by atoms with E-state index < -0.39 is 0 Å². The van der Waals surface area contributed by atoms with Crippen LogP contribution in [0, 0.1) is 5.41 Å². The van der Waals surface area contributed by atoms with Crippen molar-refractivity contribution in [3.05, 3.63) is 17.0 Å². The molecule has 4 heteroatoms. The van der Waals surface area contributed by atoms with Gasteiger partial charge < -0.3 is 5.32 Å². The molecule has 0 aromatic carbocycles. The Balaban J connectivity index is 2.04. The number of hydrogen-bond acceptors (Lipinski definition) is 3. The van der Waals surface area contributed by atoms with Crippen LogP contribution in [0.1, 0.15) is 52.0 Å². The first-order valence-electron chi connectivity index (χ1n) is 6.78. The minimum Gasteiger partial charge on any atom is -0.367 e. The highest BCUT2D eigenvalue weighted by Gasteiger charge is 2.27. The van der Waals surface area contributed by atoms with E-state index in [1.807, 2.05) is 0 Å². The Kier molecular flexibility index (Phi) is 4.10. The molecule has 1 heterocycles. The van der Waals surface area contributed by atoms with Gasteiger partial charge in [-0.1, -0.05) is 32.4 Å². The number of anilines is 1. The van der Waals surface area contributed by atoms with Crippen molar-refractivity contribution in [1.82, 2.24) is 9.97 Å². The van der Waals surface area contributed by atoms with Crippen LogP contribution in [-0.2, 0) is 6.42 Å². The topological polar surface area (TPSA) is 37.8 Å². The van der Waals surface area contributed by atoms with Gasteiger partial charge in [-0.2, -0.15) is 0 Å². The van der Waals surface area contributed by atoms with Crippen LogP contribution in [0.5, 0.6) is 0 Å². The van der Waals surface area contributed by atoms with Crippen LogP contribution >= 0.6 is 11.6 Å². The van der Waals surface area contributed by atoms with E-state index in [4.69, 9.17) is 11.6 Å². The molecule has 1 aliphatic carbocycles. The highest BCUT2D eigenvalue weighted by molar-refractivity contribution is 6.30. The van der Waals surface area contributed by atoms with Gasteiger partial charge in [0, 0.05) is 11.6 Å². The lowest BCUT2D eigenvalue weighted by molar-refractivity contribution is 0.232. The van der Waals surface area contributed by atoms with E-state index in [9.17, 15) is 0 Å². The molecule has 18 heavy (non-hydrogen) atoms. The van der Waals surface area contributed by atoms with E-state index in [1.165, 1.54) is 32.0 Å². The molecular formula is C14H22ClN3. The van der Waals surface area contributed by atoms with E-state index in [-0.39, 0.29) is 0 Å². The summed E-state index contributed by atoms with van der Waals surface area (Å²) in [4.78, 5) is 8.38. The number of hydrogen-bond donors (Lipinski definition) is 1. The van der Waals surface area contributed by atoms with Gasteiger partial charge in [-0.05, 0) is 37.5 Å². The summed E-state index contributed by atoms with van der Waals surface area (Å²) in [5.41, 5.74) is 1.53. The van der Waals surface area contributed by atoms with Gasteiger partial charge >= 0.3 is 0 Å². The number of nitrogens with one attached hydrogen (secondary N) is 1. The lowest BCUT2D eigenvalue weighted by atomic mass is 9.75. The third-order valence-electron chi connectivity index (χ3n) is 3.93. The lowest BCUT2D eigenvalue weighted by Gasteiger charge is -2.35. The highest BCUT2D eigenvalue weighted by atomic mass is 35.5. The van der Waals surface area contributed by atoms with Crippen molar-refractivity contribution in [3.8, 4) is 0 Å². The molecule has 0 unspecified atom stereocenters. The van der Waals surface area contributed by atoms with Crippen molar-refractivity contribution < 1.29 is 0 Å². The van der Waals surface area contributed by atoms with Crippen molar-refractivity contribution in [2.45, 2.75) is 58.9 Å². The second kappa shape index (κ2) is 5.43. The zero-order valence-corrected chi connectivity index (χ0v) is 12.2. The molecule has 0 amide bonds. The zero-order valence-electron chi connectivity index (χ0n) is 11.5. The maximum absolute atomic E-state index is 6.10. The van der Waals surface area contributed by atoms with Crippen molar-refractivity contribution in [2.75, 3.05) is 5.32 Å². The van der Waals surface area contributed by atoms with Crippen LogP contribution in [0.3, 0.4) is 0 Å². The molecule has 100 valence electrons. The molecular weight excluding hydrogens is 246 g/mol. The smallest absolute Gasteiger partial charge is 0.137 e. The fourth-order valence-electron chi connectivity index (χ4n) is 2.57. The predicted octanol–water partition coefficient (Wildman–Crippen LogP) is 4.07. The first kappa shape index (κ1) is 13.6. The summed E-state index contributed by atoms with van der Waals surface area (Å²) >= 11 is 6.10. The standard InChI is InChI=1S/C14H22ClN3/c1-4-11-12(15)16-9-17-13(11)18-10-5-7-14(2,3)8-6-10/h9-10H,4-8H2,1-3H3,(H,16,17,18). The SMILES string of the molecule is CCc1c(Cl)ncnc1NC1CCC(C)(C)CC1. The summed E-state index contributed by atoms with van der Waals surface area (Å²) in [6.45, 7) is 6.78. The number of halogens is 1. The Morgan fingerprint density at radius 1 is 1.33 bits per heavy atom. The van der Waals surface area contributed by atoms with Gasteiger partial charge in [0.25, 0.3) is 0 Å². The Labute approximate surface area is 114 Å². The molecule has 1 fully saturated rings. The van der Waals surface area contributed by atoms with Crippen molar-refractivity contribution in [1.29, 1.82) is 0 Å². The highest BCUT2D eigenvalue weighted by Crippen LogP contribution is 2.36. The molecule has 0 radical (unpaired) electrons. The molecule has 1 aromatic rings. The molecule has 1 saturated carbocycles. The summed E-state index contributed by atoms with van der Waals surface area (Å²) in [5, 5.41) is 4.12. The van der Waals surface area contributed by atoms with Crippen molar-refractivity contribution >= 4 is 17.4 Å². The fourth-order valence-corrected chi connectivity index (χ4v) is 2.83. The van der Waals surface area contributed by atoms with E-state index in [2.05, 4.69) is 36.1 Å². The minimum absolute atomic E-state index is 0.495. The average Bonchev–Trinajstić information content (AvgIpc) is 2.32. The first-order chi connectivity index (χ1) is 8.52. The van der Waals surface area contributed by atoms with Crippen LogP contribution in [0.25, 0.3) is 0 Å².